The van der Waals surface area contributed by atoms with Crippen LogP contribution in [0.4, 0.5) is 0 Å². The second kappa shape index (κ2) is 6.45. The molecule has 6 nitrogen and oxygen atoms in total. The second-order valence-electron chi connectivity index (χ2n) is 3.24. The highest BCUT2D eigenvalue weighted by Crippen LogP contribution is 2.34. The van der Waals surface area contributed by atoms with Crippen molar-refractivity contribution in [2.24, 2.45) is 0 Å². The largest absolute Gasteiger partial charge is 0.464 e. The first-order valence-electron chi connectivity index (χ1n) is 4.67. The Morgan fingerprint density at radius 2 is 2.06 bits per heavy atom. The molecule has 0 saturated heterocycles. The van der Waals surface area contributed by atoms with Gasteiger partial charge < -0.3 is 14.9 Å². The van der Waals surface area contributed by atoms with Crippen LogP contribution in [-0.2, 0) is 18.9 Å². The Morgan fingerprint density at radius 1 is 1.50 bits per heavy atom. The van der Waals surface area contributed by atoms with Gasteiger partial charge in [0.2, 0.25) is 13.3 Å². The van der Waals surface area contributed by atoms with Crippen LogP contribution >= 0.6 is 7.37 Å². The summed E-state index contributed by atoms with van der Waals surface area (Å²) in [5.41, 5.74) is -0.106. The van der Waals surface area contributed by atoms with Gasteiger partial charge in [-0.3, -0.25) is 9.36 Å². The molecule has 0 aromatic carbocycles. The van der Waals surface area contributed by atoms with E-state index >= 15 is 0 Å². The molecule has 2 N–H and O–H groups in total. The van der Waals surface area contributed by atoms with Crippen molar-refractivity contribution >= 4 is 19.2 Å². The van der Waals surface area contributed by atoms with Crippen molar-refractivity contribution in [2.45, 2.75) is 13.3 Å². The number of amides is 1. The van der Waals surface area contributed by atoms with Crippen LogP contribution in [0.2, 0.25) is 0 Å². The molecule has 0 fully saturated rings. The molecular weight excluding hydrogens is 233 g/mol. The van der Waals surface area contributed by atoms with Crippen LogP contribution in [0.5, 0.6) is 0 Å². The summed E-state index contributed by atoms with van der Waals surface area (Å²) in [5.74, 6) is -1.10. The lowest BCUT2D eigenvalue weighted by atomic mass is 10.3. The number of hydrogen-bond acceptors (Lipinski definition) is 4. The van der Waals surface area contributed by atoms with Gasteiger partial charge in [0.15, 0.2) is 0 Å². The number of esters is 1. The molecule has 1 amide bonds. The van der Waals surface area contributed by atoms with Gasteiger partial charge in [0.1, 0.15) is 5.70 Å². The van der Waals surface area contributed by atoms with Crippen molar-refractivity contribution in [1.29, 1.82) is 0 Å². The van der Waals surface area contributed by atoms with Crippen molar-refractivity contribution in [3.8, 4) is 0 Å². The van der Waals surface area contributed by atoms with Crippen LogP contribution in [0, 0.1) is 0 Å². The smallest absolute Gasteiger partial charge is 0.354 e. The maximum absolute atomic E-state index is 11.2. The highest BCUT2D eigenvalue weighted by Gasteiger charge is 2.15. The monoisotopic (exact) mass is 249 g/mol. The number of methoxy groups -OCH3 is 1. The molecule has 0 bridgehead atoms. The second-order valence-corrected chi connectivity index (χ2v) is 5.71. The third kappa shape index (κ3) is 6.37. The highest BCUT2D eigenvalue weighted by molar-refractivity contribution is 7.57. The Morgan fingerprint density at radius 3 is 2.44 bits per heavy atom. The molecule has 0 aromatic rings. The Kier molecular flexibility index (Phi) is 6.00. The van der Waals surface area contributed by atoms with E-state index < -0.39 is 13.3 Å². The van der Waals surface area contributed by atoms with E-state index in [1.54, 1.807) is 6.92 Å². The number of nitrogens with one attached hydrogen (secondary N) is 1. The van der Waals surface area contributed by atoms with E-state index in [4.69, 9.17) is 4.89 Å². The number of rotatable bonds is 5. The highest BCUT2D eigenvalue weighted by atomic mass is 31.2. The summed E-state index contributed by atoms with van der Waals surface area (Å²) in [6, 6.07) is 0. The van der Waals surface area contributed by atoms with E-state index in [0.717, 1.165) is 0 Å². The zero-order valence-electron chi connectivity index (χ0n) is 9.52. The molecule has 0 saturated carbocycles. The van der Waals surface area contributed by atoms with Gasteiger partial charge in [-0.25, -0.2) is 4.79 Å². The minimum atomic E-state index is -3.26. The van der Waals surface area contributed by atoms with Gasteiger partial charge in [-0.15, -0.1) is 0 Å². The maximum Gasteiger partial charge on any atom is 0.354 e. The van der Waals surface area contributed by atoms with Crippen LogP contribution in [-0.4, -0.2) is 36.7 Å². The van der Waals surface area contributed by atoms with E-state index in [1.807, 2.05) is 0 Å². The van der Waals surface area contributed by atoms with E-state index in [2.05, 4.69) is 10.1 Å². The molecule has 92 valence electrons. The Bertz CT molecular complexity index is 344. The van der Waals surface area contributed by atoms with Gasteiger partial charge in [-0.05, 0) is 6.08 Å². The molecule has 0 aliphatic rings. The fourth-order valence-corrected chi connectivity index (χ4v) is 1.32. The number of allylic oxidation sites excluding steroid dienone is 1. The minimum absolute atomic E-state index is 0.106. The average Bonchev–Trinajstić information content (AvgIpc) is 2.21. The summed E-state index contributed by atoms with van der Waals surface area (Å²) >= 11 is 0. The first-order valence-corrected chi connectivity index (χ1v) is 6.97. The summed E-state index contributed by atoms with van der Waals surface area (Å²) in [5, 5.41) is 2.31. The fourth-order valence-electron chi connectivity index (χ4n) is 0.795. The minimum Gasteiger partial charge on any atom is -0.464 e. The molecule has 1 atom stereocenters. The third-order valence-corrected chi connectivity index (χ3v) is 2.49. The molecular formula is C9H16NO5P. The summed E-state index contributed by atoms with van der Waals surface area (Å²) in [6.07, 6.45) is 1.21. The molecule has 0 heterocycles. The van der Waals surface area contributed by atoms with E-state index in [1.165, 1.54) is 19.9 Å². The number of carbonyl (C=O) groups is 2. The first-order chi connectivity index (χ1) is 7.30. The molecule has 0 aliphatic heterocycles. The zero-order valence-corrected chi connectivity index (χ0v) is 10.4. The Balaban J connectivity index is 4.74. The van der Waals surface area contributed by atoms with Crippen molar-refractivity contribution in [3.05, 3.63) is 11.8 Å². The van der Waals surface area contributed by atoms with Gasteiger partial charge in [0.25, 0.3) is 0 Å². The molecule has 0 radical (unpaired) electrons. The van der Waals surface area contributed by atoms with E-state index in [9.17, 15) is 14.2 Å². The molecule has 0 spiro atoms. The molecule has 0 aliphatic carbocycles. The molecule has 0 rings (SSSR count). The fraction of sp³-hybridized carbons (Fsp3) is 0.556. The lowest BCUT2D eigenvalue weighted by Crippen LogP contribution is -2.27. The topological polar surface area (TPSA) is 92.7 Å². The standard InChI is InChI=1S/C9H16NO5P/c1-4-8(11)10-7(9(12)15-2)5-6-16(3,13)14/h5H,4,6H2,1-3H3,(H,10,11)(H,13,14)/b7-5-. The predicted octanol–water partition coefficient (Wildman–Crippen LogP) is 0.470. The van der Waals surface area contributed by atoms with Gasteiger partial charge in [0.05, 0.1) is 7.11 Å². The van der Waals surface area contributed by atoms with Crippen molar-refractivity contribution < 1.29 is 23.8 Å². The van der Waals surface area contributed by atoms with Gasteiger partial charge in [-0.2, -0.15) is 0 Å². The maximum atomic E-state index is 11.2. The van der Waals surface area contributed by atoms with Gasteiger partial charge in [-0.1, -0.05) is 6.92 Å². The predicted molar refractivity (Wildman–Crippen MR) is 59.1 cm³/mol. The zero-order chi connectivity index (χ0) is 12.8. The summed E-state index contributed by atoms with van der Waals surface area (Å²) in [6.45, 7) is 2.79. The lowest BCUT2D eigenvalue weighted by Gasteiger charge is -2.07. The SMILES string of the molecule is CCC(=O)N/C(=C\CP(C)(=O)O)C(=O)OC. The Hall–Kier alpha value is -1.13. The van der Waals surface area contributed by atoms with Crippen molar-refractivity contribution in [1.82, 2.24) is 5.32 Å². The quantitative estimate of drug-likeness (QED) is 0.419. The molecule has 16 heavy (non-hydrogen) atoms. The van der Waals surface area contributed by atoms with Crippen LogP contribution in [0.1, 0.15) is 13.3 Å². The van der Waals surface area contributed by atoms with Crippen LogP contribution in [0.15, 0.2) is 11.8 Å². The Labute approximate surface area is 94.1 Å². The van der Waals surface area contributed by atoms with E-state index in [0.29, 0.717) is 0 Å². The molecule has 1 unspecified atom stereocenters. The average molecular weight is 249 g/mol. The van der Waals surface area contributed by atoms with Crippen molar-refractivity contribution in [2.75, 3.05) is 19.9 Å². The molecule has 7 heteroatoms. The number of ether oxygens (including phenoxy) is 1. The van der Waals surface area contributed by atoms with E-state index in [-0.39, 0.29) is 24.2 Å². The van der Waals surface area contributed by atoms with Gasteiger partial charge in [0, 0.05) is 19.2 Å². The third-order valence-electron chi connectivity index (χ3n) is 1.63. The lowest BCUT2D eigenvalue weighted by molar-refractivity contribution is -0.137. The summed E-state index contributed by atoms with van der Waals surface area (Å²) in [7, 11) is -2.09. The number of hydrogen-bond donors (Lipinski definition) is 2. The summed E-state index contributed by atoms with van der Waals surface area (Å²) in [4.78, 5) is 31.3. The number of carbonyl (C=O) groups excluding carboxylic acids is 2. The first kappa shape index (κ1) is 14.9. The van der Waals surface area contributed by atoms with Crippen LogP contribution < -0.4 is 5.32 Å². The molecule has 0 aromatic heterocycles. The van der Waals surface area contributed by atoms with Crippen LogP contribution in [0.3, 0.4) is 0 Å². The van der Waals surface area contributed by atoms with Gasteiger partial charge >= 0.3 is 5.97 Å². The summed E-state index contributed by atoms with van der Waals surface area (Å²) < 4.78 is 15.5. The van der Waals surface area contributed by atoms with Crippen LogP contribution in [0.25, 0.3) is 0 Å². The normalized spacial score (nSPS) is 15.1. The van der Waals surface area contributed by atoms with Crippen molar-refractivity contribution in [3.63, 3.8) is 0 Å².